The zero-order valence-corrected chi connectivity index (χ0v) is 11.3. The van der Waals surface area contributed by atoms with Crippen LogP contribution < -0.4 is 56.5 Å². The van der Waals surface area contributed by atoms with Gasteiger partial charge in [-0.1, -0.05) is 0 Å². The fourth-order valence-electron chi connectivity index (χ4n) is 1.00. The van der Waals surface area contributed by atoms with E-state index in [1.807, 2.05) is 0 Å². The second kappa shape index (κ2) is 6.06. The fourth-order valence-corrected chi connectivity index (χ4v) is 1.00. The van der Waals surface area contributed by atoms with Crippen molar-refractivity contribution >= 4 is 17.6 Å². The van der Waals surface area contributed by atoms with Gasteiger partial charge in [0, 0.05) is 17.7 Å². The summed E-state index contributed by atoms with van der Waals surface area (Å²) < 4.78 is 0. The molecule has 0 fully saturated rings. The van der Waals surface area contributed by atoms with Crippen molar-refractivity contribution in [1.29, 1.82) is 0 Å². The van der Waals surface area contributed by atoms with E-state index in [0.717, 1.165) is 12.1 Å². The Hall–Kier alpha value is -0.804. The van der Waals surface area contributed by atoms with E-state index < -0.39 is 33.7 Å². The van der Waals surface area contributed by atoms with Crippen LogP contribution in [0.15, 0.2) is 18.2 Å². The molecule has 0 bridgehead atoms. The van der Waals surface area contributed by atoms with E-state index in [0.29, 0.717) is 6.07 Å². The van der Waals surface area contributed by atoms with Gasteiger partial charge in [-0.05, 0) is 6.07 Å². The standard InChI is InChI=1S/C8H5NO6.K/c10-7(11)5-2-1-4(9(14)15)3-6(5)8(12)13;/h1-3H,(H,10,11)(H,12,13);/q;+1/p-1. The molecular weight excluding hydrogens is 245 g/mol. The first kappa shape index (κ1) is 15.2. The van der Waals surface area contributed by atoms with Gasteiger partial charge in [0.15, 0.2) is 0 Å². The van der Waals surface area contributed by atoms with E-state index in [1.54, 1.807) is 0 Å². The Kier molecular flexibility index (Phi) is 5.76. The third kappa shape index (κ3) is 3.35. The normalized spacial score (nSPS) is 9.00. The number of aromatic carboxylic acids is 2. The minimum atomic E-state index is -1.69. The molecule has 16 heavy (non-hydrogen) atoms. The number of carboxylic acids is 2. The summed E-state index contributed by atoms with van der Waals surface area (Å²) >= 11 is 0. The van der Waals surface area contributed by atoms with E-state index in [9.17, 15) is 24.8 Å². The Bertz CT molecular complexity index is 458. The third-order valence-electron chi connectivity index (χ3n) is 1.66. The molecule has 0 spiro atoms. The van der Waals surface area contributed by atoms with Crippen LogP contribution in [0.5, 0.6) is 0 Å². The molecule has 0 radical (unpaired) electrons. The summed E-state index contributed by atoms with van der Waals surface area (Å²) in [4.78, 5) is 30.5. The summed E-state index contributed by atoms with van der Waals surface area (Å²) in [6.45, 7) is 0. The van der Waals surface area contributed by atoms with Gasteiger partial charge in [0.2, 0.25) is 0 Å². The van der Waals surface area contributed by atoms with Crippen LogP contribution in [0.3, 0.4) is 0 Å². The van der Waals surface area contributed by atoms with Crippen molar-refractivity contribution in [2.24, 2.45) is 0 Å². The van der Waals surface area contributed by atoms with E-state index >= 15 is 0 Å². The van der Waals surface area contributed by atoms with Gasteiger partial charge in [-0.2, -0.15) is 0 Å². The number of benzene rings is 1. The third-order valence-corrected chi connectivity index (χ3v) is 1.66. The Morgan fingerprint density at radius 1 is 1.25 bits per heavy atom. The molecule has 1 aromatic carbocycles. The molecule has 8 heteroatoms. The van der Waals surface area contributed by atoms with E-state index in [4.69, 9.17) is 5.11 Å². The van der Waals surface area contributed by atoms with Crippen molar-refractivity contribution in [3.8, 4) is 0 Å². The van der Waals surface area contributed by atoms with Gasteiger partial charge in [0.25, 0.3) is 5.69 Å². The maximum absolute atomic E-state index is 10.6. The molecule has 0 aromatic heterocycles. The number of hydrogen-bond donors (Lipinski definition) is 1. The molecule has 0 heterocycles. The van der Waals surface area contributed by atoms with Crippen molar-refractivity contribution in [2.45, 2.75) is 0 Å². The predicted molar refractivity (Wildman–Crippen MR) is 44.4 cm³/mol. The van der Waals surface area contributed by atoms with Crippen LogP contribution in [-0.4, -0.2) is 22.0 Å². The van der Waals surface area contributed by atoms with Crippen molar-refractivity contribution in [3.63, 3.8) is 0 Å². The quantitative estimate of drug-likeness (QED) is 0.339. The SMILES string of the molecule is O=C([O-])c1ccc([N+](=O)[O-])cc1C(=O)O.[K+]. The molecule has 0 unspecified atom stereocenters. The van der Waals surface area contributed by atoms with Gasteiger partial charge < -0.3 is 15.0 Å². The van der Waals surface area contributed by atoms with Crippen molar-refractivity contribution < 1.29 is 76.1 Å². The maximum Gasteiger partial charge on any atom is 1.00 e. The fraction of sp³-hybridized carbons (Fsp3) is 0. The summed E-state index contributed by atoms with van der Waals surface area (Å²) in [6, 6.07) is 2.40. The molecule has 1 rings (SSSR count). The number of carbonyl (C=O) groups is 2. The topological polar surface area (TPSA) is 121 Å². The van der Waals surface area contributed by atoms with Gasteiger partial charge in [-0.25, -0.2) is 4.79 Å². The van der Waals surface area contributed by atoms with Gasteiger partial charge in [-0.3, -0.25) is 10.1 Å². The van der Waals surface area contributed by atoms with E-state index in [2.05, 4.69) is 0 Å². The van der Waals surface area contributed by atoms with Gasteiger partial charge in [0.05, 0.1) is 16.5 Å². The number of non-ortho nitro benzene ring substituents is 1. The number of nitro groups is 1. The number of hydrogen-bond acceptors (Lipinski definition) is 5. The second-order valence-electron chi connectivity index (χ2n) is 2.58. The molecule has 0 aliphatic carbocycles. The molecule has 78 valence electrons. The minimum absolute atomic E-state index is 0. The van der Waals surface area contributed by atoms with Crippen LogP contribution in [0, 0.1) is 10.1 Å². The first-order valence-electron chi connectivity index (χ1n) is 3.66. The molecule has 0 aliphatic rings. The first-order valence-corrected chi connectivity index (χ1v) is 3.66. The van der Waals surface area contributed by atoms with Gasteiger partial charge in [0.1, 0.15) is 0 Å². The summed E-state index contributed by atoms with van der Waals surface area (Å²) in [6.07, 6.45) is 0. The van der Waals surface area contributed by atoms with Crippen LogP contribution in [-0.2, 0) is 0 Å². The molecule has 0 amide bonds. The Labute approximate surface area is 132 Å². The largest absolute Gasteiger partial charge is 1.00 e. The zero-order valence-electron chi connectivity index (χ0n) is 8.17. The van der Waals surface area contributed by atoms with Crippen LogP contribution in [0.4, 0.5) is 5.69 Å². The van der Waals surface area contributed by atoms with Crippen molar-refractivity contribution in [1.82, 2.24) is 0 Å². The van der Waals surface area contributed by atoms with Gasteiger partial charge >= 0.3 is 57.4 Å². The summed E-state index contributed by atoms with van der Waals surface area (Å²) in [7, 11) is 0. The maximum atomic E-state index is 10.6. The number of nitrogens with zero attached hydrogens (tertiary/aromatic N) is 1. The molecule has 1 aromatic rings. The second-order valence-corrected chi connectivity index (χ2v) is 2.58. The van der Waals surface area contributed by atoms with E-state index in [1.165, 1.54) is 0 Å². The van der Waals surface area contributed by atoms with Crippen LogP contribution in [0.2, 0.25) is 0 Å². The van der Waals surface area contributed by atoms with Crippen molar-refractivity contribution in [3.05, 3.63) is 39.4 Å². The summed E-state index contributed by atoms with van der Waals surface area (Å²) in [5.74, 6) is -3.25. The number of nitro benzene ring substituents is 1. The molecule has 0 saturated carbocycles. The molecular formula is C8H4KNO6. The minimum Gasteiger partial charge on any atom is -0.545 e. The molecule has 0 atom stereocenters. The monoisotopic (exact) mass is 249 g/mol. The molecule has 7 nitrogen and oxygen atoms in total. The van der Waals surface area contributed by atoms with Gasteiger partial charge in [-0.15, -0.1) is 0 Å². The number of carboxylic acid groups (broad SMARTS) is 2. The Morgan fingerprint density at radius 2 is 1.81 bits per heavy atom. The molecule has 0 saturated heterocycles. The first-order chi connectivity index (χ1) is 6.93. The smallest absolute Gasteiger partial charge is 0.545 e. The van der Waals surface area contributed by atoms with Crippen LogP contribution in [0.1, 0.15) is 20.7 Å². The molecule has 1 N–H and O–H groups in total. The van der Waals surface area contributed by atoms with Crippen LogP contribution in [0.25, 0.3) is 0 Å². The zero-order chi connectivity index (χ0) is 11.6. The number of rotatable bonds is 3. The summed E-state index contributed by atoms with van der Waals surface area (Å²) in [5.41, 5.74) is -1.74. The molecule has 0 aliphatic heterocycles. The Morgan fingerprint density at radius 3 is 2.19 bits per heavy atom. The summed E-state index contributed by atoms with van der Waals surface area (Å²) in [5, 5.41) is 29.4. The van der Waals surface area contributed by atoms with Crippen LogP contribution >= 0.6 is 0 Å². The average molecular weight is 249 g/mol. The Balaban J connectivity index is 0.00000225. The van der Waals surface area contributed by atoms with Crippen molar-refractivity contribution in [2.75, 3.05) is 0 Å². The van der Waals surface area contributed by atoms with E-state index in [-0.39, 0.29) is 51.4 Å². The number of carbonyl (C=O) groups excluding carboxylic acids is 1. The average Bonchev–Trinajstić information content (AvgIpc) is 2.16. The predicted octanol–water partition coefficient (Wildman–Crippen LogP) is -3.34.